The monoisotopic (exact) mass is 265 g/mol. The van der Waals surface area contributed by atoms with Crippen LogP contribution in [-0.2, 0) is 5.41 Å². The number of ether oxygens (including phenoxy) is 1. The summed E-state index contributed by atoms with van der Waals surface area (Å²) in [6, 6.07) is 16.5. The third kappa shape index (κ3) is 2.46. The smallest absolute Gasteiger partial charge is 0.145 e. The molecular formula is C18H19NO. The first-order valence-electron chi connectivity index (χ1n) is 6.94. The molecule has 0 saturated heterocycles. The van der Waals surface area contributed by atoms with Gasteiger partial charge >= 0.3 is 0 Å². The standard InChI is InChI=1S/C18H19NO/c1-18(2,3)14-9-10-15-17(11-14)20-12-16(19-15)13-7-5-4-6-8-13/h4-11H,12H2,1-3H3. The molecule has 0 fully saturated rings. The largest absolute Gasteiger partial charge is 0.485 e. The topological polar surface area (TPSA) is 21.6 Å². The van der Waals surface area contributed by atoms with E-state index in [9.17, 15) is 0 Å². The van der Waals surface area contributed by atoms with Gasteiger partial charge in [0.2, 0.25) is 0 Å². The average molecular weight is 265 g/mol. The molecule has 1 aliphatic rings. The minimum absolute atomic E-state index is 0.127. The number of fused-ring (bicyclic) bond motifs is 1. The molecule has 0 amide bonds. The number of hydrogen-bond donors (Lipinski definition) is 0. The summed E-state index contributed by atoms with van der Waals surface area (Å²) < 4.78 is 5.90. The number of nitrogens with zero attached hydrogens (tertiary/aromatic N) is 1. The van der Waals surface area contributed by atoms with Crippen LogP contribution in [0, 0.1) is 0 Å². The van der Waals surface area contributed by atoms with E-state index >= 15 is 0 Å². The third-order valence-electron chi connectivity index (χ3n) is 3.55. The molecule has 2 heteroatoms. The molecule has 0 N–H and O–H groups in total. The van der Waals surface area contributed by atoms with E-state index in [0.29, 0.717) is 6.61 Å². The lowest BCUT2D eigenvalue weighted by Gasteiger charge is -2.23. The first-order chi connectivity index (χ1) is 9.54. The Morgan fingerprint density at radius 1 is 1.00 bits per heavy atom. The highest BCUT2D eigenvalue weighted by atomic mass is 16.5. The van der Waals surface area contributed by atoms with Crippen molar-refractivity contribution in [3.63, 3.8) is 0 Å². The van der Waals surface area contributed by atoms with E-state index in [1.165, 1.54) is 5.56 Å². The number of aliphatic imine (C=N–C) groups is 1. The molecule has 1 aliphatic heterocycles. The van der Waals surface area contributed by atoms with Crippen LogP contribution in [0.15, 0.2) is 53.5 Å². The number of hydrogen-bond acceptors (Lipinski definition) is 2. The predicted octanol–water partition coefficient (Wildman–Crippen LogP) is 4.50. The fourth-order valence-electron chi connectivity index (χ4n) is 2.29. The molecular weight excluding hydrogens is 246 g/mol. The second-order valence-electron chi connectivity index (χ2n) is 6.15. The van der Waals surface area contributed by atoms with Gasteiger partial charge in [-0.05, 0) is 28.7 Å². The van der Waals surface area contributed by atoms with E-state index in [2.05, 4.69) is 51.1 Å². The molecule has 20 heavy (non-hydrogen) atoms. The quantitative estimate of drug-likeness (QED) is 0.744. The summed E-state index contributed by atoms with van der Waals surface area (Å²) in [4.78, 5) is 4.73. The lowest BCUT2D eigenvalue weighted by atomic mass is 9.87. The van der Waals surface area contributed by atoms with Crippen LogP contribution in [0.25, 0.3) is 0 Å². The molecule has 0 bridgehead atoms. The molecule has 0 saturated carbocycles. The highest BCUT2D eigenvalue weighted by Crippen LogP contribution is 2.35. The van der Waals surface area contributed by atoms with Crippen LogP contribution in [0.3, 0.4) is 0 Å². The summed E-state index contributed by atoms with van der Waals surface area (Å²) in [6.45, 7) is 7.15. The normalized spacial score (nSPS) is 14.2. The van der Waals surface area contributed by atoms with Gasteiger partial charge in [0.15, 0.2) is 0 Å². The van der Waals surface area contributed by atoms with E-state index in [4.69, 9.17) is 9.73 Å². The van der Waals surface area contributed by atoms with Crippen molar-refractivity contribution in [2.45, 2.75) is 26.2 Å². The van der Waals surface area contributed by atoms with Crippen molar-refractivity contribution in [1.29, 1.82) is 0 Å². The van der Waals surface area contributed by atoms with Gasteiger partial charge in [0, 0.05) is 0 Å². The van der Waals surface area contributed by atoms with E-state index in [-0.39, 0.29) is 5.41 Å². The van der Waals surface area contributed by atoms with Crippen LogP contribution in [-0.4, -0.2) is 12.3 Å². The first-order valence-corrected chi connectivity index (χ1v) is 6.94. The van der Waals surface area contributed by atoms with Gasteiger partial charge in [-0.15, -0.1) is 0 Å². The van der Waals surface area contributed by atoms with Crippen LogP contribution in [0.1, 0.15) is 31.9 Å². The summed E-state index contributed by atoms with van der Waals surface area (Å²) in [5.41, 5.74) is 4.43. The zero-order valence-corrected chi connectivity index (χ0v) is 12.2. The molecule has 0 atom stereocenters. The molecule has 2 aromatic carbocycles. The van der Waals surface area contributed by atoms with Gasteiger partial charge in [-0.2, -0.15) is 0 Å². The zero-order chi connectivity index (χ0) is 14.2. The van der Waals surface area contributed by atoms with Crippen LogP contribution in [0.4, 0.5) is 5.69 Å². The van der Waals surface area contributed by atoms with Crippen LogP contribution >= 0.6 is 0 Å². The molecule has 2 nitrogen and oxygen atoms in total. The molecule has 1 heterocycles. The van der Waals surface area contributed by atoms with Crippen LogP contribution < -0.4 is 4.74 Å². The van der Waals surface area contributed by atoms with Crippen LogP contribution in [0.5, 0.6) is 5.75 Å². The maximum atomic E-state index is 5.90. The van der Waals surface area contributed by atoms with Gasteiger partial charge in [0.25, 0.3) is 0 Å². The fraction of sp³-hybridized carbons (Fsp3) is 0.278. The molecule has 102 valence electrons. The maximum Gasteiger partial charge on any atom is 0.145 e. The van der Waals surface area contributed by atoms with Gasteiger partial charge in [-0.25, -0.2) is 4.99 Å². The van der Waals surface area contributed by atoms with Crippen molar-refractivity contribution in [3.8, 4) is 5.75 Å². The van der Waals surface area contributed by atoms with E-state index in [1.54, 1.807) is 0 Å². The van der Waals surface area contributed by atoms with Crippen molar-refractivity contribution in [2.75, 3.05) is 6.61 Å². The Bertz CT molecular complexity index is 651. The van der Waals surface area contributed by atoms with E-state index in [0.717, 1.165) is 22.7 Å². The van der Waals surface area contributed by atoms with Gasteiger partial charge in [-0.1, -0.05) is 57.2 Å². The Kier molecular flexibility index (Phi) is 3.09. The van der Waals surface area contributed by atoms with Crippen molar-refractivity contribution in [3.05, 3.63) is 59.7 Å². The Balaban J connectivity index is 1.98. The Morgan fingerprint density at radius 2 is 1.75 bits per heavy atom. The predicted molar refractivity (Wildman–Crippen MR) is 83.3 cm³/mol. The lowest BCUT2D eigenvalue weighted by Crippen LogP contribution is -2.17. The van der Waals surface area contributed by atoms with Crippen molar-refractivity contribution in [2.24, 2.45) is 4.99 Å². The Labute approximate surface area is 120 Å². The summed E-state index contributed by atoms with van der Waals surface area (Å²) in [5.74, 6) is 0.886. The number of benzene rings is 2. The maximum absolute atomic E-state index is 5.90. The minimum atomic E-state index is 0.127. The zero-order valence-electron chi connectivity index (χ0n) is 12.2. The third-order valence-corrected chi connectivity index (χ3v) is 3.55. The van der Waals surface area contributed by atoms with Crippen molar-refractivity contribution in [1.82, 2.24) is 0 Å². The summed E-state index contributed by atoms with van der Waals surface area (Å²) in [5, 5.41) is 0. The SMILES string of the molecule is CC(C)(C)c1ccc2c(c1)OCC(c1ccccc1)=N2. The molecule has 2 aromatic rings. The van der Waals surface area contributed by atoms with E-state index < -0.39 is 0 Å². The molecule has 0 aromatic heterocycles. The first kappa shape index (κ1) is 12.9. The molecule has 0 unspecified atom stereocenters. The molecule has 3 rings (SSSR count). The van der Waals surface area contributed by atoms with Gasteiger partial charge in [0.1, 0.15) is 18.0 Å². The van der Waals surface area contributed by atoms with Crippen molar-refractivity contribution < 1.29 is 4.74 Å². The summed E-state index contributed by atoms with van der Waals surface area (Å²) in [6.07, 6.45) is 0. The summed E-state index contributed by atoms with van der Waals surface area (Å²) >= 11 is 0. The van der Waals surface area contributed by atoms with Gasteiger partial charge < -0.3 is 4.74 Å². The van der Waals surface area contributed by atoms with Gasteiger partial charge in [-0.3, -0.25) is 0 Å². The lowest BCUT2D eigenvalue weighted by molar-refractivity contribution is 0.371. The highest BCUT2D eigenvalue weighted by Gasteiger charge is 2.19. The second-order valence-corrected chi connectivity index (χ2v) is 6.15. The molecule has 0 aliphatic carbocycles. The average Bonchev–Trinajstić information content (AvgIpc) is 2.46. The minimum Gasteiger partial charge on any atom is -0.485 e. The molecule has 0 spiro atoms. The summed E-state index contributed by atoms with van der Waals surface area (Å²) in [7, 11) is 0. The van der Waals surface area contributed by atoms with Gasteiger partial charge in [0.05, 0.1) is 5.71 Å². The Morgan fingerprint density at radius 3 is 2.45 bits per heavy atom. The molecule has 0 radical (unpaired) electrons. The Hall–Kier alpha value is -2.09. The number of rotatable bonds is 1. The fourth-order valence-corrected chi connectivity index (χ4v) is 2.29. The second kappa shape index (κ2) is 4.78. The van der Waals surface area contributed by atoms with Crippen molar-refractivity contribution >= 4 is 11.4 Å². The highest BCUT2D eigenvalue weighted by molar-refractivity contribution is 6.04. The van der Waals surface area contributed by atoms with E-state index in [1.807, 2.05) is 18.2 Å². The van der Waals surface area contributed by atoms with Crippen LogP contribution in [0.2, 0.25) is 0 Å².